The number of pyridine rings is 1. The quantitative estimate of drug-likeness (QED) is 0.272. The number of carbonyl (C=O) groups is 1. The normalized spacial score (nSPS) is 12.1. The van der Waals surface area contributed by atoms with Gasteiger partial charge in [-0.2, -0.15) is 0 Å². The number of nitrogens with zero attached hydrogens (tertiary/aromatic N) is 3. The molecule has 1 aromatic carbocycles. The van der Waals surface area contributed by atoms with E-state index >= 15 is 0 Å². The number of anilines is 1. The number of nitrogens with one attached hydrogen (secondary N) is 1. The maximum atomic E-state index is 13.1. The van der Waals surface area contributed by atoms with Crippen molar-refractivity contribution < 1.29 is 9.53 Å². The summed E-state index contributed by atoms with van der Waals surface area (Å²) in [7, 11) is 0. The van der Waals surface area contributed by atoms with Gasteiger partial charge in [-0.1, -0.05) is 47.1 Å². The van der Waals surface area contributed by atoms with Gasteiger partial charge in [0, 0.05) is 26.0 Å². The maximum Gasteiger partial charge on any atom is 0.262 e. The van der Waals surface area contributed by atoms with Crippen molar-refractivity contribution in [1.29, 1.82) is 0 Å². The molecule has 3 aromatic rings. The van der Waals surface area contributed by atoms with Crippen molar-refractivity contribution in [2.75, 3.05) is 18.5 Å². The number of aromatic nitrogens is 3. The monoisotopic (exact) mass is 480 g/mol. The molecule has 0 saturated carbocycles. The molecule has 2 aromatic heterocycles. The number of thioether (sulfide) groups is 1. The van der Waals surface area contributed by atoms with Crippen LogP contribution < -0.4 is 10.9 Å². The van der Waals surface area contributed by atoms with Crippen LogP contribution in [0.5, 0.6) is 0 Å². The third kappa shape index (κ3) is 5.98. The summed E-state index contributed by atoms with van der Waals surface area (Å²) in [6.45, 7) is 5.25. The SMILES string of the molecule is CCOCCCn1c(S[C@@H](C)C(=O)Nc2ncc(Cl)cc2Cl)nc2ccccc2c1=O. The molecule has 31 heavy (non-hydrogen) atoms. The van der Waals surface area contributed by atoms with E-state index < -0.39 is 5.25 Å². The Balaban J connectivity index is 1.84. The first-order chi connectivity index (χ1) is 14.9. The van der Waals surface area contributed by atoms with Gasteiger partial charge in [0.2, 0.25) is 5.91 Å². The molecule has 0 bridgehead atoms. The Morgan fingerprint density at radius 1 is 1.32 bits per heavy atom. The summed E-state index contributed by atoms with van der Waals surface area (Å²) in [5.74, 6) is -0.0888. The Bertz CT molecular complexity index is 1140. The minimum absolute atomic E-state index is 0.139. The molecule has 3 rings (SSSR count). The molecular weight excluding hydrogens is 459 g/mol. The maximum absolute atomic E-state index is 13.1. The van der Waals surface area contributed by atoms with Crippen LogP contribution in [0.3, 0.4) is 0 Å². The lowest BCUT2D eigenvalue weighted by molar-refractivity contribution is -0.115. The van der Waals surface area contributed by atoms with E-state index in [-0.39, 0.29) is 22.3 Å². The number of benzene rings is 1. The lowest BCUT2D eigenvalue weighted by Crippen LogP contribution is -2.27. The van der Waals surface area contributed by atoms with Gasteiger partial charge in [0.25, 0.3) is 5.56 Å². The van der Waals surface area contributed by atoms with Gasteiger partial charge < -0.3 is 10.1 Å². The van der Waals surface area contributed by atoms with E-state index in [9.17, 15) is 9.59 Å². The number of fused-ring (bicyclic) bond motifs is 1. The van der Waals surface area contributed by atoms with Gasteiger partial charge in [-0.05, 0) is 38.5 Å². The zero-order valence-corrected chi connectivity index (χ0v) is 19.4. The second-order valence-corrected chi connectivity index (χ2v) is 8.80. The number of rotatable bonds is 9. The van der Waals surface area contributed by atoms with Gasteiger partial charge >= 0.3 is 0 Å². The molecule has 0 aliphatic heterocycles. The van der Waals surface area contributed by atoms with Crippen molar-refractivity contribution in [3.63, 3.8) is 0 Å². The van der Waals surface area contributed by atoms with Crippen molar-refractivity contribution in [2.24, 2.45) is 0 Å². The number of amides is 1. The molecule has 0 aliphatic rings. The largest absolute Gasteiger partial charge is 0.382 e. The fourth-order valence-electron chi connectivity index (χ4n) is 2.84. The van der Waals surface area contributed by atoms with Crippen LogP contribution in [0.25, 0.3) is 10.9 Å². The summed E-state index contributed by atoms with van der Waals surface area (Å²) in [5.41, 5.74) is 0.450. The molecule has 164 valence electrons. The van der Waals surface area contributed by atoms with Crippen LogP contribution in [0.1, 0.15) is 20.3 Å². The molecule has 1 amide bonds. The fourth-order valence-corrected chi connectivity index (χ4v) is 4.20. The first-order valence-electron chi connectivity index (χ1n) is 9.76. The molecule has 0 saturated heterocycles. The van der Waals surface area contributed by atoms with Crippen LogP contribution in [-0.4, -0.2) is 38.9 Å². The average Bonchev–Trinajstić information content (AvgIpc) is 2.75. The van der Waals surface area contributed by atoms with Gasteiger partial charge in [0.05, 0.1) is 26.2 Å². The highest BCUT2D eigenvalue weighted by Crippen LogP contribution is 2.26. The Morgan fingerprint density at radius 3 is 2.84 bits per heavy atom. The Labute approximate surface area is 194 Å². The first kappa shape index (κ1) is 23.5. The van der Waals surface area contributed by atoms with E-state index in [2.05, 4.69) is 15.3 Å². The first-order valence-corrected chi connectivity index (χ1v) is 11.4. The van der Waals surface area contributed by atoms with Gasteiger partial charge in [-0.3, -0.25) is 14.2 Å². The van der Waals surface area contributed by atoms with Crippen molar-refractivity contribution in [1.82, 2.24) is 14.5 Å². The van der Waals surface area contributed by atoms with Crippen molar-refractivity contribution in [3.8, 4) is 0 Å². The highest BCUT2D eigenvalue weighted by atomic mass is 35.5. The van der Waals surface area contributed by atoms with Crippen LogP contribution in [0, 0.1) is 0 Å². The summed E-state index contributed by atoms with van der Waals surface area (Å²) in [6, 6.07) is 8.68. The Morgan fingerprint density at radius 2 is 2.10 bits per heavy atom. The summed E-state index contributed by atoms with van der Waals surface area (Å²) in [4.78, 5) is 34.5. The second kappa shape index (κ2) is 10.9. The van der Waals surface area contributed by atoms with Crippen molar-refractivity contribution in [2.45, 2.75) is 37.2 Å². The zero-order valence-electron chi connectivity index (χ0n) is 17.1. The minimum atomic E-state index is -0.556. The summed E-state index contributed by atoms with van der Waals surface area (Å²) in [6.07, 6.45) is 2.06. The average molecular weight is 481 g/mol. The van der Waals surface area contributed by atoms with Crippen LogP contribution in [0.15, 0.2) is 46.5 Å². The highest BCUT2D eigenvalue weighted by Gasteiger charge is 2.20. The minimum Gasteiger partial charge on any atom is -0.382 e. The summed E-state index contributed by atoms with van der Waals surface area (Å²) >= 11 is 13.1. The van der Waals surface area contributed by atoms with E-state index in [4.69, 9.17) is 27.9 Å². The fraction of sp³-hybridized carbons (Fsp3) is 0.333. The molecular formula is C21H22Cl2N4O3S. The molecule has 1 atom stereocenters. The third-order valence-electron chi connectivity index (χ3n) is 4.40. The third-order valence-corrected chi connectivity index (χ3v) is 5.99. The Kier molecular flexibility index (Phi) is 8.31. The summed E-state index contributed by atoms with van der Waals surface area (Å²) < 4.78 is 6.99. The number of ether oxygens (including phenoxy) is 1. The van der Waals surface area contributed by atoms with E-state index in [1.165, 1.54) is 24.0 Å². The van der Waals surface area contributed by atoms with Crippen LogP contribution >= 0.6 is 35.0 Å². The van der Waals surface area contributed by atoms with E-state index in [0.29, 0.717) is 47.3 Å². The Hall–Kier alpha value is -2.13. The summed E-state index contributed by atoms with van der Waals surface area (Å²) in [5, 5.41) is 3.77. The van der Waals surface area contributed by atoms with E-state index in [0.717, 1.165) is 0 Å². The topological polar surface area (TPSA) is 86.1 Å². The highest BCUT2D eigenvalue weighted by molar-refractivity contribution is 8.00. The van der Waals surface area contributed by atoms with Gasteiger partial charge in [0.1, 0.15) is 0 Å². The molecule has 0 fully saturated rings. The molecule has 0 spiro atoms. The predicted octanol–water partition coefficient (Wildman–Crippen LogP) is 4.64. The number of para-hydroxylation sites is 1. The lowest BCUT2D eigenvalue weighted by atomic mass is 10.2. The molecule has 10 heteroatoms. The number of halogens is 2. The lowest BCUT2D eigenvalue weighted by Gasteiger charge is -2.16. The zero-order chi connectivity index (χ0) is 22.4. The molecule has 0 unspecified atom stereocenters. The van der Waals surface area contributed by atoms with Gasteiger partial charge in [0.15, 0.2) is 11.0 Å². The van der Waals surface area contributed by atoms with Crippen LogP contribution in [0.2, 0.25) is 10.0 Å². The molecule has 1 N–H and O–H groups in total. The standard InChI is InChI=1S/C21H22Cl2N4O3S/c1-3-30-10-6-9-27-20(29)15-7-4-5-8-17(15)25-21(27)31-13(2)19(28)26-18-16(23)11-14(22)12-24-18/h4-5,7-8,11-13H,3,6,9-10H2,1-2H3,(H,24,26,28)/t13-/m0/s1. The van der Waals surface area contributed by atoms with E-state index in [1.54, 1.807) is 23.6 Å². The number of hydrogen-bond acceptors (Lipinski definition) is 6. The van der Waals surface area contributed by atoms with Crippen molar-refractivity contribution >= 4 is 57.6 Å². The van der Waals surface area contributed by atoms with Gasteiger partial charge in [-0.15, -0.1) is 0 Å². The van der Waals surface area contributed by atoms with Crippen LogP contribution in [-0.2, 0) is 16.1 Å². The number of carbonyl (C=O) groups excluding carboxylic acids is 1. The number of hydrogen-bond donors (Lipinski definition) is 1. The molecule has 7 nitrogen and oxygen atoms in total. The smallest absolute Gasteiger partial charge is 0.262 e. The second-order valence-electron chi connectivity index (χ2n) is 6.65. The van der Waals surface area contributed by atoms with E-state index in [1.807, 2.05) is 19.1 Å². The molecule has 2 heterocycles. The molecule has 0 radical (unpaired) electrons. The molecule has 0 aliphatic carbocycles. The van der Waals surface area contributed by atoms with Crippen LogP contribution in [0.4, 0.5) is 5.82 Å². The van der Waals surface area contributed by atoms with Crippen molar-refractivity contribution in [3.05, 3.63) is 56.9 Å². The van der Waals surface area contributed by atoms with Gasteiger partial charge in [-0.25, -0.2) is 9.97 Å². The predicted molar refractivity (Wildman–Crippen MR) is 125 cm³/mol.